The van der Waals surface area contributed by atoms with Crippen molar-refractivity contribution >= 4 is 17.7 Å². The maximum absolute atomic E-state index is 11.8. The topological polar surface area (TPSA) is 105 Å². The number of hydrogen-bond donors (Lipinski definition) is 3. The van der Waals surface area contributed by atoms with E-state index in [2.05, 4.69) is 0 Å². The lowest BCUT2D eigenvalue weighted by atomic mass is 10.3. The predicted molar refractivity (Wildman–Crippen MR) is 105 cm³/mol. The second kappa shape index (κ2) is 20.1. The summed E-state index contributed by atoms with van der Waals surface area (Å²) < 4.78 is 15.5. The monoisotopic (exact) mass is 396 g/mol. The van der Waals surface area contributed by atoms with Crippen LogP contribution in [0.25, 0.3) is 0 Å². The van der Waals surface area contributed by atoms with Crippen LogP contribution in [0.2, 0.25) is 0 Å². The van der Waals surface area contributed by atoms with Crippen molar-refractivity contribution in [3.63, 3.8) is 0 Å². The first-order chi connectivity index (χ1) is 12.5. The molecule has 3 N–H and O–H groups in total. The first kappa shape index (κ1) is 29.5. The average Bonchev–Trinajstić information content (AvgIpc) is 2.83. The predicted octanol–water partition coefficient (Wildman–Crippen LogP) is 2.81. The fraction of sp³-hybridized carbons (Fsp3) is 0.722. The smallest absolute Gasteiger partial charge is 0.348 e. The Balaban J connectivity index is -0.000000795. The Bertz CT molecular complexity index is 406. The van der Waals surface area contributed by atoms with Crippen LogP contribution >= 0.6 is 11.8 Å². The number of hydrogen-bond acceptors (Lipinski definition) is 8. The lowest BCUT2D eigenvalue weighted by Gasteiger charge is -2.14. The summed E-state index contributed by atoms with van der Waals surface area (Å²) in [4.78, 5) is 12.0. The van der Waals surface area contributed by atoms with Crippen LogP contribution in [0.3, 0.4) is 0 Å². The van der Waals surface area contributed by atoms with Crippen LogP contribution in [0, 0.1) is 0 Å². The van der Waals surface area contributed by atoms with Gasteiger partial charge in [0.25, 0.3) is 0 Å². The molecule has 1 rings (SSSR count). The minimum absolute atomic E-state index is 0.0195. The molecule has 1 heterocycles. The van der Waals surface area contributed by atoms with Crippen molar-refractivity contribution in [2.75, 3.05) is 26.1 Å². The molecule has 0 saturated carbocycles. The molecule has 1 aliphatic rings. The fourth-order valence-corrected chi connectivity index (χ4v) is 2.02. The summed E-state index contributed by atoms with van der Waals surface area (Å²) in [6.07, 6.45) is -0.0269. The van der Waals surface area contributed by atoms with Gasteiger partial charge in [-0.2, -0.15) is 0 Å². The van der Waals surface area contributed by atoms with Gasteiger partial charge >= 0.3 is 5.97 Å². The summed E-state index contributed by atoms with van der Waals surface area (Å²) >= 11 is 1.08. The van der Waals surface area contributed by atoms with E-state index in [-0.39, 0.29) is 36.2 Å². The van der Waals surface area contributed by atoms with E-state index in [1.165, 1.54) is 0 Å². The maximum Gasteiger partial charge on any atom is 0.348 e. The molecule has 7 nitrogen and oxygen atoms in total. The highest BCUT2D eigenvalue weighted by Crippen LogP contribution is 2.28. The quantitative estimate of drug-likeness (QED) is 0.378. The number of thioether (sulfide) groups is 1. The van der Waals surface area contributed by atoms with E-state index in [1.54, 1.807) is 13.2 Å². The van der Waals surface area contributed by atoms with Gasteiger partial charge in [-0.3, -0.25) is 0 Å². The Hall–Kier alpha value is -1.22. The van der Waals surface area contributed by atoms with Gasteiger partial charge in [0.1, 0.15) is 24.2 Å². The Morgan fingerprint density at radius 3 is 2.12 bits per heavy atom. The van der Waals surface area contributed by atoms with Crippen LogP contribution in [0.5, 0.6) is 0 Å². The highest BCUT2D eigenvalue weighted by Gasteiger charge is 2.26. The van der Waals surface area contributed by atoms with Crippen molar-refractivity contribution in [2.24, 2.45) is 0 Å². The Morgan fingerprint density at radius 2 is 1.69 bits per heavy atom. The number of rotatable bonds is 4. The molecule has 1 fully saturated rings. The van der Waals surface area contributed by atoms with Crippen molar-refractivity contribution in [3.05, 3.63) is 22.5 Å². The third kappa shape index (κ3) is 12.2. The van der Waals surface area contributed by atoms with E-state index in [0.29, 0.717) is 0 Å². The van der Waals surface area contributed by atoms with Crippen molar-refractivity contribution in [1.29, 1.82) is 0 Å². The minimum Gasteiger partial charge on any atom is -0.487 e. The summed E-state index contributed by atoms with van der Waals surface area (Å²) in [5.41, 5.74) is 0. The molecule has 0 aromatic heterocycles. The van der Waals surface area contributed by atoms with Gasteiger partial charge in [0.2, 0.25) is 0 Å². The van der Waals surface area contributed by atoms with Gasteiger partial charge in [-0.25, -0.2) is 4.79 Å². The van der Waals surface area contributed by atoms with Crippen molar-refractivity contribution in [2.45, 2.75) is 60.9 Å². The zero-order valence-corrected chi connectivity index (χ0v) is 18.1. The highest BCUT2D eigenvalue weighted by molar-refractivity contribution is 8.03. The lowest BCUT2D eigenvalue weighted by molar-refractivity contribution is -0.137. The molecular formula is C18H36O7S. The molecule has 156 valence electrons. The van der Waals surface area contributed by atoms with E-state index in [9.17, 15) is 9.90 Å². The number of aliphatic hydroxyl groups excluding tert-OH is 2. The molecular weight excluding hydrogens is 360 g/mol. The Morgan fingerprint density at radius 1 is 1.19 bits per heavy atom. The molecule has 0 amide bonds. The molecule has 0 radical (unpaired) electrons. The molecule has 1 aliphatic heterocycles. The zero-order valence-electron chi connectivity index (χ0n) is 17.2. The van der Waals surface area contributed by atoms with Gasteiger partial charge in [0.05, 0.1) is 6.61 Å². The molecule has 1 unspecified atom stereocenters. The van der Waals surface area contributed by atoms with Gasteiger partial charge in [-0.1, -0.05) is 41.5 Å². The number of ether oxygens (including phenoxy) is 3. The van der Waals surface area contributed by atoms with Gasteiger partial charge in [0, 0.05) is 6.08 Å². The van der Waals surface area contributed by atoms with Crippen LogP contribution in [0.4, 0.5) is 0 Å². The van der Waals surface area contributed by atoms with E-state index < -0.39 is 18.4 Å². The van der Waals surface area contributed by atoms with Gasteiger partial charge < -0.3 is 29.5 Å². The molecule has 1 saturated heterocycles. The summed E-state index contributed by atoms with van der Waals surface area (Å²) in [5.74, 6) is -0.595. The molecule has 1 atom stereocenters. The third-order valence-corrected chi connectivity index (χ3v) is 3.01. The number of aliphatic hydroxyl groups is 3. The SMILES string of the molecule is CC.CC.CC.CCOC(=O)/C(SC)=C1\OCC(O)CO\C1=C/C(O)O. The molecule has 0 bridgehead atoms. The molecule has 0 aromatic rings. The number of esters is 1. The second-order valence-electron chi connectivity index (χ2n) is 3.80. The van der Waals surface area contributed by atoms with Crippen molar-refractivity contribution in [1.82, 2.24) is 0 Å². The molecule has 0 aliphatic carbocycles. The molecule has 0 aromatic carbocycles. The number of carbonyl (C=O) groups is 1. The highest BCUT2D eigenvalue weighted by atomic mass is 32.2. The van der Waals surface area contributed by atoms with E-state index in [1.807, 2.05) is 41.5 Å². The normalized spacial score (nSPS) is 19.1. The third-order valence-electron chi connectivity index (χ3n) is 2.25. The molecule has 8 heteroatoms. The van der Waals surface area contributed by atoms with Crippen LogP contribution in [0.15, 0.2) is 22.5 Å². The molecule has 0 spiro atoms. The average molecular weight is 397 g/mol. The Labute approximate surface area is 162 Å². The summed E-state index contributed by atoms with van der Waals surface area (Å²) in [7, 11) is 0. The van der Waals surface area contributed by atoms with E-state index >= 15 is 0 Å². The minimum atomic E-state index is -1.77. The van der Waals surface area contributed by atoms with Crippen LogP contribution in [-0.2, 0) is 19.0 Å². The maximum atomic E-state index is 11.8. The van der Waals surface area contributed by atoms with Gasteiger partial charge in [-0.15, -0.1) is 11.8 Å². The van der Waals surface area contributed by atoms with Crippen LogP contribution in [0.1, 0.15) is 48.5 Å². The van der Waals surface area contributed by atoms with Crippen LogP contribution < -0.4 is 0 Å². The Kier molecular flexibility index (Phi) is 22.8. The largest absolute Gasteiger partial charge is 0.487 e. The zero-order chi connectivity index (χ0) is 21.1. The summed E-state index contributed by atoms with van der Waals surface area (Å²) in [6.45, 7) is 13.7. The summed E-state index contributed by atoms with van der Waals surface area (Å²) in [6, 6.07) is 0. The van der Waals surface area contributed by atoms with E-state index in [0.717, 1.165) is 17.8 Å². The fourth-order valence-electron chi connectivity index (χ4n) is 1.45. The first-order valence-electron chi connectivity index (χ1n) is 8.97. The van der Waals surface area contributed by atoms with Gasteiger partial charge in [0.15, 0.2) is 17.8 Å². The van der Waals surface area contributed by atoms with Crippen LogP contribution in [-0.4, -0.2) is 59.8 Å². The van der Waals surface area contributed by atoms with Crippen molar-refractivity contribution < 1.29 is 34.3 Å². The summed E-state index contributed by atoms with van der Waals surface area (Å²) in [5, 5.41) is 27.5. The second-order valence-corrected chi connectivity index (χ2v) is 4.62. The number of carbonyl (C=O) groups excluding carboxylic acids is 1. The standard InChI is InChI=1S/C12H18O7S.3C2H6/c1-3-17-12(16)11(20-2)10-8(4-9(14)15)18-5-7(13)6-19-10;3*1-2/h4,7,9,13-15H,3,5-6H2,1-2H3;3*1-2H3/b8-4-,11-10+;;;. The first-order valence-corrected chi connectivity index (χ1v) is 10.2. The molecule has 26 heavy (non-hydrogen) atoms. The lowest BCUT2D eigenvalue weighted by Crippen LogP contribution is -2.17. The van der Waals surface area contributed by atoms with E-state index in [4.69, 9.17) is 24.4 Å². The van der Waals surface area contributed by atoms with Crippen molar-refractivity contribution in [3.8, 4) is 0 Å². The van der Waals surface area contributed by atoms with Gasteiger partial charge in [-0.05, 0) is 13.2 Å².